The molecule has 1 aliphatic rings. The smallest absolute Gasteiger partial charge is 0.342 e. The molecule has 6 heteroatoms. The SMILES string of the molecule is CN(C(=O)COC(=O)c1ccc2ccccc2c1O)C1(C#N)CCCCC1. The first-order chi connectivity index (χ1) is 13.0. The van der Waals surface area contributed by atoms with Gasteiger partial charge in [-0.25, -0.2) is 4.79 Å². The second-order valence-corrected chi connectivity index (χ2v) is 6.92. The molecule has 0 bridgehead atoms. The molecule has 0 heterocycles. The van der Waals surface area contributed by atoms with Gasteiger partial charge in [-0.1, -0.05) is 49.6 Å². The fourth-order valence-corrected chi connectivity index (χ4v) is 3.62. The van der Waals surface area contributed by atoms with Crippen molar-refractivity contribution < 1.29 is 19.4 Å². The number of carbonyl (C=O) groups excluding carboxylic acids is 2. The number of carbonyl (C=O) groups is 2. The van der Waals surface area contributed by atoms with Crippen LogP contribution in [0.2, 0.25) is 0 Å². The Morgan fingerprint density at radius 1 is 1.19 bits per heavy atom. The molecule has 27 heavy (non-hydrogen) atoms. The first kappa shape index (κ1) is 18.7. The number of ether oxygens (including phenoxy) is 1. The largest absolute Gasteiger partial charge is 0.506 e. The van der Waals surface area contributed by atoms with Gasteiger partial charge in [-0.05, 0) is 24.3 Å². The van der Waals surface area contributed by atoms with Crippen molar-refractivity contribution in [1.82, 2.24) is 4.90 Å². The van der Waals surface area contributed by atoms with Crippen LogP contribution in [-0.2, 0) is 9.53 Å². The number of nitrogens with zero attached hydrogens (tertiary/aromatic N) is 2. The second kappa shape index (κ2) is 7.67. The molecule has 1 saturated carbocycles. The van der Waals surface area contributed by atoms with Crippen LogP contribution in [0, 0.1) is 11.3 Å². The molecule has 1 amide bonds. The number of likely N-dealkylation sites (N-methyl/N-ethyl adjacent to an activating group) is 1. The molecule has 0 aromatic heterocycles. The molecule has 3 rings (SSSR count). The van der Waals surface area contributed by atoms with Gasteiger partial charge in [0.2, 0.25) is 0 Å². The van der Waals surface area contributed by atoms with Gasteiger partial charge in [0.15, 0.2) is 6.61 Å². The summed E-state index contributed by atoms with van der Waals surface area (Å²) in [5.41, 5.74) is -0.816. The molecule has 1 N–H and O–H groups in total. The molecule has 1 fully saturated rings. The number of esters is 1. The summed E-state index contributed by atoms with van der Waals surface area (Å²) in [6, 6.07) is 12.6. The summed E-state index contributed by atoms with van der Waals surface area (Å²) in [5.74, 6) is -1.36. The van der Waals surface area contributed by atoms with Crippen molar-refractivity contribution in [2.45, 2.75) is 37.6 Å². The third kappa shape index (κ3) is 3.59. The van der Waals surface area contributed by atoms with Crippen LogP contribution in [0.15, 0.2) is 36.4 Å². The van der Waals surface area contributed by atoms with E-state index in [0.29, 0.717) is 18.2 Å². The molecule has 0 aliphatic heterocycles. The van der Waals surface area contributed by atoms with Crippen LogP contribution in [0.3, 0.4) is 0 Å². The normalized spacial score (nSPS) is 15.7. The van der Waals surface area contributed by atoms with E-state index in [9.17, 15) is 20.0 Å². The average molecular weight is 366 g/mol. The highest BCUT2D eigenvalue weighted by atomic mass is 16.5. The van der Waals surface area contributed by atoms with Gasteiger partial charge in [0, 0.05) is 12.4 Å². The van der Waals surface area contributed by atoms with Gasteiger partial charge in [-0.15, -0.1) is 0 Å². The first-order valence-electron chi connectivity index (χ1n) is 9.04. The van der Waals surface area contributed by atoms with E-state index in [2.05, 4.69) is 6.07 Å². The number of phenolic OH excluding ortho intramolecular Hbond substituents is 1. The Morgan fingerprint density at radius 2 is 1.89 bits per heavy atom. The quantitative estimate of drug-likeness (QED) is 0.838. The number of phenols is 1. The van der Waals surface area contributed by atoms with Crippen LogP contribution >= 0.6 is 0 Å². The summed E-state index contributed by atoms with van der Waals surface area (Å²) in [6.07, 6.45) is 4.11. The minimum absolute atomic E-state index is 0.0109. The van der Waals surface area contributed by atoms with Crippen LogP contribution in [0.1, 0.15) is 42.5 Å². The van der Waals surface area contributed by atoms with Gasteiger partial charge in [-0.2, -0.15) is 5.26 Å². The Labute approximate surface area is 158 Å². The van der Waals surface area contributed by atoms with Crippen LogP contribution in [-0.4, -0.2) is 41.1 Å². The predicted octanol–water partition coefficient (Wildman–Crippen LogP) is 3.39. The summed E-state index contributed by atoms with van der Waals surface area (Å²) >= 11 is 0. The van der Waals surface area contributed by atoms with Crippen LogP contribution in [0.4, 0.5) is 0 Å². The number of nitriles is 1. The summed E-state index contributed by atoms with van der Waals surface area (Å²) in [7, 11) is 1.58. The zero-order valence-electron chi connectivity index (χ0n) is 15.3. The molecule has 6 nitrogen and oxygen atoms in total. The maximum atomic E-state index is 12.5. The summed E-state index contributed by atoms with van der Waals surface area (Å²) in [4.78, 5) is 26.2. The minimum atomic E-state index is -0.827. The van der Waals surface area contributed by atoms with Gasteiger partial charge >= 0.3 is 5.97 Å². The summed E-state index contributed by atoms with van der Waals surface area (Å²) in [6.45, 7) is -0.467. The molecule has 2 aromatic rings. The second-order valence-electron chi connectivity index (χ2n) is 6.92. The van der Waals surface area contributed by atoms with Crippen LogP contribution in [0.5, 0.6) is 5.75 Å². The number of aromatic hydroxyl groups is 1. The minimum Gasteiger partial charge on any atom is -0.506 e. The van der Waals surface area contributed by atoms with Gasteiger partial charge in [-0.3, -0.25) is 4.79 Å². The summed E-state index contributed by atoms with van der Waals surface area (Å²) in [5, 5.41) is 21.3. The molecule has 0 unspecified atom stereocenters. The van der Waals surface area contributed by atoms with E-state index in [4.69, 9.17) is 4.74 Å². The van der Waals surface area contributed by atoms with Crippen molar-refractivity contribution >= 4 is 22.6 Å². The lowest BCUT2D eigenvalue weighted by molar-refractivity contribution is -0.138. The van der Waals surface area contributed by atoms with Gasteiger partial charge in [0.25, 0.3) is 5.91 Å². The standard InChI is InChI=1S/C21H22N2O4/c1-23(21(14-22)11-5-2-6-12-21)18(24)13-27-20(26)17-10-9-15-7-3-4-8-16(15)19(17)25/h3-4,7-10,25H,2,5-6,11-13H2,1H3. The third-order valence-electron chi connectivity index (χ3n) is 5.35. The highest BCUT2D eigenvalue weighted by Crippen LogP contribution is 2.33. The van der Waals surface area contributed by atoms with Crippen LogP contribution in [0.25, 0.3) is 10.8 Å². The maximum absolute atomic E-state index is 12.5. The van der Waals surface area contributed by atoms with Crippen molar-refractivity contribution in [1.29, 1.82) is 5.26 Å². The van der Waals surface area contributed by atoms with Crippen molar-refractivity contribution in [2.75, 3.05) is 13.7 Å². The molecule has 140 valence electrons. The van der Waals surface area contributed by atoms with Gasteiger partial charge < -0.3 is 14.7 Å². The van der Waals surface area contributed by atoms with Crippen molar-refractivity contribution in [2.24, 2.45) is 0 Å². The molecule has 0 radical (unpaired) electrons. The molecular formula is C21H22N2O4. The van der Waals surface area contributed by atoms with Crippen molar-refractivity contribution in [3.05, 3.63) is 42.0 Å². The van der Waals surface area contributed by atoms with E-state index in [1.165, 1.54) is 11.0 Å². The highest BCUT2D eigenvalue weighted by molar-refractivity contribution is 6.01. The fraction of sp³-hybridized carbons (Fsp3) is 0.381. The number of fused-ring (bicyclic) bond motifs is 1. The Morgan fingerprint density at radius 3 is 2.59 bits per heavy atom. The zero-order valence-corrected chi connectivity index (χ0v) is 15.3. The molecule has 0 spiro atoms. The fourth-order valence-electron chi connectivity index (χ4n) is 3.62. The Bertz CT molecular complexity index is 910. The van der Waals surface area contributed by atoms with Gasteiger partial charge in [0.05, 0.1) is 6.07 Å². The number of amides is 1. The number of benzene rings is 2. The monoisotopic (exact) mass is 366 g/mol. The zero-order chi connectivity index (χ0) is 19.4. The molecule has 2 aromatic carbocycles. The maximum Gasteiger partial charge on any atom is 0.342 e. The Hall–Kier alpha value is -3.07. The number of hydrogen-bond donors (Lipinski definition) is 1. The van der Waals surface area contributed by atoms with E-state index in [-0.39, 0.29) is 11.3 Å². The number of rotatable bonds is 4. The van der Waals surface area contributed by atoms with Crippen LogP contribution < -0.4 is 0 Å². The van der Waals surface area contributed by atoms with Crippen molar-refractivity contribution in [3.8, 4) is 11.8 Å². The predicted molar refractivity (Wildman–Crippen MR) is 100 cm³/mol. The molecule has 1 aliphatic carbocycles. The van der Waals surface area contributed by atoms with E-state index >= 15 is 0 Å². The third-order valence-corrected chi connectivity index (χ3v) is 5.35. The van der Waals surface area contributed by atoms with Crippen molar-refractivity contribution in [3.63, 3.8) is 0 Å². The highest BCUT2D eigenvalue weighted by Gasteiger charge is 2.39. The lowest BCUT2D eigenvalue weighted by atomic mass is 9.81. The van der Waals surface area contributed by atoms with E-state index in [1.807, 2.05) is 12.1 Å². The average Bonchev–Trinajstić information content (AvgIpc) is 2.72. The van der Waals surface area contributed by atoms with E-state index in [1.54, 1.807) is 25.2 Å². The lowest BCUT2D eigenvalue weighted by Gasteiger charge is -2.38. The van der Waals surface area contributed by atoms with Gasteiger partial charge in [0.1, 0.15) is 16.9 Å². The lowest BCUT2D eigenvalue weighted by Crippen LogP contribution is -2.51. The first-order valence-corrected chi connectivity index (χ1v) is 9.04. The molecule has 0 atom stereocenters. The Balaban J connectivity index is 1.69. The summed E-state index contributed by atoms with van der Waals surface area (Å²) < 4.78 is 5.12. The molecular weight excluding hydrogens is 344 g/mol. The Kier molecular flexibility index (Phi) is 5.31. The number of hydrogen-bond acceptors (Lipinski definition) is 5. The van der Waals surface area contributed by atoms with E-state index < -0.39 is 24.0 Å². The molecule has 0 saturated heterocycles. The van der Waals surface area contributed by atoms with E-state index in [0.717, 1.165) is 24.6 Å². The topological polar surface area (TPSA) is 90.6 Å².